The first-order valence-corrected chi connectivity index (χ1v) is 9.12. The van der Waals surface area contributed by atoms with Crippen molar-refractivity contribution < 1.29 is 9.53 Å². The molecule has 0 radical (unpaired) electrons. The predicted molar refractivity (Wildman–Crippen MR) is 90.0 cm³/mol. The quantitative estimate of drug-likeness (QED) is 0.808. The van der Waals surface area contributed by atoms with Gasteiger partial charge < -0.3 is 15.0 Å². The molecule has 0 aromatic carbocycles. The van der Waals surface area contributed by atoms with Crippen molar-refractivity contribution in [2.24, 2.45) is 5.92 Å². The molecule has 0 bridgehead atoms. The molecule has 2 rings (SSSR count). The Morgan fingerprint density at radius 3 is 2.27 bits per heavy atom. The SMILES string of the molecule is CCC1CCC(NCCN(C(=O)OC(C)(C)C)C2CC2)CC1. The minimum Gasteiger partial charge on any atom is -0.444 e. The molecule has 0 aromatic heterocycles. The van der Waals surface area contributed by atoms with Crippen molar-refractivity contribution in [2.75, 3.05) is 13.1 Å². The van der Waals surface area contributed by atoms with Crippen LogP contribution in [0.25, 0.3) is 0 Å². The molecule has 0 aromatic rings. The van der Waals surface area contributed by atoms with E-state index < -0.39 is 5.60 Å². The largest absolute Gasteiger partial charge is 0.444 e. The monoisotopic (exact) mass is 310 g/mol. The van der Waals surface area contributed by atoms with Gasteiger partial charge in [0.1, 0.15) is 5.60 Å². The van der Waals surface area contributed by atoms with E-state index in [1.165, 1.54) is 32.1 Å². The number of hydrogen-bond acceptors (Lipinski definition) is 3. The average molecular weight is 310 g/mol. The molecule has 128 valence electrons. The summed E-state index contributed by atoms with van der Waals surface area (Å²) in [5.74, 6) is 0.933. The lowest BCUT2D eigenvalue weighted by atomic mass is 9.84. The van der Waals surface area contributed by atoms with Crippen molar-refractivity contribution >= 4 is 6.09 Å². The standard InChI is InChI=1S/C18H34N2O2/c1-5-14-6-8-15(9-7-14)19-12-13-20(16-10-11-16)17(21)22-18(2,3)4/h14-16,19H,5-13H2,1-4H3. The molecule has 2 aliphatic rings. The number of ether oxygens (including phenoxy) is 1. The van der Waals surface area contributed by atoms with Crippen LogP contribution in [0.3, 0.4) is 0 Å². The van der Waals surface area contributed by atoms with Gasteiger partial charge in [-0.3, -0.25) is 0 Å². The molecule has 0 saturated heterocycles. The number of carbonyl (C=O) groups excluding carboxylic acids is 1. The molecular weight excluding hydrogens is 276 g/mol. The zero-order valence-electron chi connectivity index (χ0n) is 14.9. The van der Waals surface area contributed by atoms with E-state index in [4.69, 9.17) is 4.74 Å². The first-order valence-electron chi connectivity index (χ1n) is 9.12. The molecule has 4 heteroatoms. The minimum absolute atomic E-state index is 0.147. The first-order chi connectivity index (χ1) is 10.4. The number of nitrogens with zero attached hydrogens (tertiary/aromatic N) is 1. The van der Waals surface area contributed by atoms with Gasteiger partial charge in [-0.05, 0) is 65.2 Å². The Morgan fingerprint density at radius 1 is 1.14 bits per heavy atom. The van der Waals surface area contributed by atoms with Gasteiger partial charge in [-0.25, -0.2) is 4.79 Å². The van der Waals surface area contributed by atoms with Crippen LogP contribution < -0.4 is 5.32 Å². The molecule has 2 fully saturated rings. The Kier molecular flexibility index (Phi) is 6.13. The summed E-state index contributed by atoms with van der Waals surface area (Å²) in [6.45, 7) is 9.75. The van der Waals surface area contributed by atoms with E-state index in [0.29, 0.717) is 12.1 Å². The van der Waals surface area contributed by atoms with E-state index in [2.05, 4.69) is 12.2 Å². The molecule has 0 atom stereocenters. The number of carbonyl (C=O) groups is 1. The van der Waals surface area contributed by atoms with Crippen molar-refractivity contribution in [1.29, 1.82) is 0 Å². The highest BCUT2D eigenvalue weighted by atomic mass is 16.6. The summed E-state index contributed by atoms with van der Waals surface area (Å²) in [6, 6.07) is 1.05. The molecule has 2 saturated carbocycles. The maximum absolute atomic E-state index is 12.3. The van der Waals surface area contributed by atoms with Crippen LogP contribution in [-0.2, 0) is 4.74 Å². The lowest BCUT2D eigenvalue weighted by molar-refractivity contribution is 0.0234. The maximum atomic E-state index is 12.3. The summed E-state index contributed by atoms with van der Waals surface area (Å²) in [7, 11) is 0. The van der Waals surface area contributed by atoms with Crippen LogP contribution in [0.2, 0.25) is 0 Å². The Bertz CT molecular complexity index is 353. The number of amides is 1. The highest BCUT2D eigenvalue weighted by Crippen LogP contribution is 2.29. The van der Waals surface area contributed by atoms with Gasteiger partial charge in [0.05, 0.1) is 0 Å². The lowest BCUT2D eigenvalue weighted by Crippen LogP contribution is -2.44. The predicted octanol–water partition coefficient (Wildman–Crippen LogP) is 3.94. The molecular formula is C18H34N2O2. The van der Waals surface area contributed by atoms with E-state index in [1.54, 1.807) is 0 Å². The lowest BCUT2D eigenvalue weighted by Gasteiger charge is -2.30. The molecule has 0 heterocycles. The van der Waals surface area contributed by atoms with Crippen LogP contribution in [-0.4, -0.2) is 41.8 Å². The molecule has 1 N–H and O–H groups in total. The van der Waals surface area contributed by atoms with E-state index in [9.17, 15) is 4.79 Å². The topological polar surface area (TPSA) is 41.6 Å². The molecule has 0 aliphatic heterocycles. The first kappa shape index (κ1) is 17.6. The van der Waals surface area contributed by atoms with Crippen LogP contribution >= 0.6 is 0 Å². The van der Waals surface area contributed by atoms with Crippen molar-refractivity contribution in [1.82, 2.24) is 10.2 Å². The summed E-state index contributed by atoms with van der Waals surface area (Å²) >= 11 is 0. The smallest absolute Gasteiger partial charge is 0.410 e. The Morgan fingerprint density at radius 2 is 1.77 bits per heavy atom. The summed E-state index contributed by atoms with van der Waals surface area (Å²) in [6.07, 6.45) is 8.70. The number of hydrogen-bond donors (Lipinski definition) is 1. The molecule has 22 heavy (non-hydrogen) atoms. The second kappa shape index (κ2) is 7.67. The van der Waals surface area contributed by atoms with Crippen LogP contribution in [0.5, 0.6) is 0 Å². The third kappa shape index (κ3) is 5.79. The second-order valence-electron chi connectivity index (χ2n) is 7.98. The summed E-state index contributed by atoms with van der Waals surface area (Å²) in [5.41, 5.74) is -0.407. The van der Waals surface area contributed by atoms with Crippen LogP contribution in [0, 0.1) is 5.92 Å². The third-order valence-corrected chi connectivity index (χ3v) is 4.83. The van der Waals surface area contributed by atoms with Crippen molar-refractivity contribution in [3.8, 4) is 0 Å². The fraction of sp³-hybridized carbons (Fsp3) is 0.944. The van der Waals surface area contributed by atoms with Crippen molar-refractivity contribution in [3.63, 3.8) is 0 Å². The van der Waals surface area contributed by atoms with Gasteiger partial charge in [-0.15, -0.1) is 0 Å². The average Bonchev–Trinajstić information content (AvgIpc) is 3.26. The van der Waals surface area contributed by atoms with Gasteiger partial charge in [0.25, 0.3) is 0 Å². The molecule has 2 aliphatic carbocycles. The van der Waals surface area contributed by atoms with Gasteiger partial charge in [-0.1, -0.05) is 13.3 Å². The minimum atomic E-state index is -0.407. The Balaban J connectivity index is 1.70. The van der Waals surface area contributed by atoms with Crippen molar-refractivity contribution in [2.45, 2.75) is 90.3 Å². The van der Waals surface area contributed by atoms with Crippen LogP contribution in [0.15, 0.2) is 0 Å². The van der Waals surface area contributed by atoms with Crippen LogP contribution in [0.4, 0.5) is 4.79 Å². The third-order valence-electron chi connectivity index (χ3n) is 4.83. The highest BCUT2D eigenvalue weighted by Gasteiger charge is 2.35. The van der Waals surface area contributed by atoms with E-state index >= 15 is 0 Å². The molecule has 1 amide bonds. The zero-order chi connectivity index (χ0) is 16.2. The van der Waals surface area contributed by atoms with E-state index in [1.807, 2.05) is 25.7 Å². The number of nitrogens with one attached hydrogen (secondary N) is 1. The highest BCUT2D eigenvalue weighted by molar-refractivity contribution is 5.69. The summed E-state index contributed by atoms with van der Waals surface area (Å²) < 4.78 is 5.53. The van der Waals surface area contributed by atoms with Gasteiger partial charge in [-0.2, -0.15) is 0 Å². The van der Waals surface area contributed by atoms with Gasteiger partial charge >= 0.3 is 6.09 Å². The van der Waals surface area contributed by atoms with Crippen molar-refractivity contribution in [3.05, 3.63) is 0 Å². The number of rotatable bonds is 6. The molecule has 0 spiro atoms. The molecule has 4 nitrogen and oxygen atoms in total. The summed E-state index contributed by atoms with van der Waals surface area (Å²) in [4.78, 5) is 14.2. The van der Waals surface area contributed by atoms with Gasteiger partial charge in [0, 0.05) is 25.2 Å². The Labute approximate surface area is 136 Å². The van der Waals surface area contributed by atoms with Gasteiger partial charge in [0.2, 0.25) is 0 Å². The molecule has 0 unspecified atom stereocenters. The summed E-state index contributed by atoms with van der Waals surface area (Å²) in [5, 5.41) is 3.65. The zero-order valence-corrected chi connectivity index (χ0v) is 14.9. The van der Waals surface area contributed by atoms with Crippen LogP contribution in [0.1, 0.15) is 72.6 Å². The Hall–Kier alpha value is -0.770. The maximum Gasteiger partial charge on any atom is 0.410 e. The fourth-order valence-electron chi connectivity index (χ4n) is 3.29. The second-order valence-corrected chi connectivity index (χ2v) is 7.98. The fourth-order valence-corrected chi connectivity index (χ4v) is 3.29. The van der Waals surface area contributed by atoms with E-state index in [-0.39, 0.29) is 6.09 Å². The normalized spacial score (nSPS) is 25.8. The van der Waals surface area contributed by atoms with E-state index in [0.717, 1.165) is 31.8 Å². The van der Waals surface area contributed by atoms with Gasteiger partial charge in [0.15, 0.2) is 0 Å².